The van der Waals surface area contributed by atoms with Gasteiger partial charge in [-0.15, -0.1) is 0 Å². The summed E-state index contributed by atoms with van der Waals surface area (Å²) in [6.45, 7) is 2.80. The minimum absolute atomic E-state index is 0. The van der Waals surface area contributed by atoms with Crippen LogP contribution in [-0.2, 0) is 46.1 Å². The summed E-state index contributed by atoms with van der Waals surface area (Å²) < 4.78 is 102. The maximum absolute atomic E-state index is 11.3. The molecule has 0 bridgehead atoms. The number of Topliss-reactive ketones (excluding diaryl/α,β-unsaturated/α-hetero) is 6. The molecular formula is C15H15CrF9O6. The van der Waals surface area contributed by atoms with E-state index in [9.17, 15) is 68.3 Å². The zero-order chi connectivity index (χ0) is 25.1. The monoisotopic (exact) mass is 514 g/mol. The third kappa shape index (κ3) is 24.1. The smallest absolute Gasteiger partial charge is 0.300 e. The van der Waals surface area contributed by atoms with Crippen LogP contribution in [0.5, 0.6) is 0 Å². The van der Waals surface area contributed by atoms with E-state index >= 15 is 0 Å². The first-order valence-corrected chi connectivity index (χ1v) is 7.30. The zero-order valence-corrected chi connectivity index (χ0v) is 17.2. The molecular weight excluding hydrogens is 499 g/mol. The molecule has 180 valence electrons. The van der Waals surface area contributed by atoms with Crippen LogP contribution in [0.25, 0.3) is 0 Å². The van der Waals surface area contributed by atoms with Gasteiger partial charge in [-0.2, -0.15) is 39.5 Å². The van der Waals surface area contributed by atoms with Crippen molar-refractivity contribution in [3.8, 4) is 0 Å². The van der Waals surface area contributed by atoms with Gasteiger partial charge in [-0.05, 0) is 20.8 Å². The summed E-state index contributed by atoms with van der Waals surface area (Å²) in [6, 6.07) is 0. The molecule has 0 unspecified atom stereocenters. The Morgan fingerprint density at radius 1 is 0.452 bits per heavy atom. The van der Waals surface area contributed by atoms with Gasteiger partial charge in [0.2, 0.25) is 17.3 Å². The summed E-state index contributed by atoms with van der Waals surface area (Å²) in [6.07, 6.45) is -17.8. The van der Waals surface area contributed by atoms with E-state index in [1.54, 1.807) is 0 Å². The molecule has 0 aromatic carbocycles. The minimum Gasteiger partial charge on any atom is -0.300 e. The summed E-state index contributed by atoms with van der Waals surface area (Å²) in [4.78, 5) is 59.7. The van der Waals surface area contributed by atoms with Crippen LogP contribution in [0.1, 0.15) is 40.0 Å². The molecule has 0 heterocycles. The molecule has 0 aliphatic rings. The predicted molar refractivity (Wildman–Crippen MR) is 79.1 cm³/mol. The second-order valence-electron chi connectivity index (χ2n) is 5.40. The van der Waals surface area contributed by atoms with Gasteiger partial charge in [-0.25, -0.2) is 0 Å². The first kappa shape index (κ1) is 36.3. The molecule has 6 nitrogen and oxygen atoms in total. The van der Waals surface area contributed by atoms with E-state index in [4.69, 9.17) is 0 Å². The van der Waals surface area contributed by atoms with Crippen LogP contribution in [0.15, 0.2) is 0 Å². The summed E-state index contributed by atoms with van der Waals surface area (Å²) >= 11 is 0. The standard InChI is InChI=1S/3C5H5F3O2.Cr/c3*1-3(9)2-4(10)5(6,7)8;/h3*2H2,1H3;. The van der Waals surface area contributed by atoms with Gasteiger partial charge in [0.25, 0.3) is 0 Å². The van der Waals surface area contributed by atoms with Gasteiger partial charge >= 0.3 is 18.5 Å². The number of carbonyl (C=O) groups excluding carboxylic acids is 6. The van der Waals surface area contributed by atoms with Crippen molar-refractivity contribution < 1.29 is 85.6 Å². The molecule has 0 radical (unpaired) electrons. The van der Waals surface area contributed by atoms with E-state index in [2.05, 4.69) is 0 Å². The molecule has 0 aromatic heterocycles. The number of alkyl halides is 9. The van der Waals surface area contributed by atoms with Crippen molar-refractivity contribution >= 4 is 34.7 Å². The summed E-state index contributed by atoms with van der Waals surface area (Å²) in [5.41, 5.74) is 0. The topological polar surface area (TPSA) is 102 Å². The number of hydrogen-bond donors (Lipinski definition) is 0. The third-order valence-corrected chi connectivity index (χ3v) is 2.18. The van der Waals surface area contributed by atoms with Crippen molar-refractivity contribution in [2.75, 3.05) is 0 Å². The molecule has 0 saturated carbocycles. The Bertz CT molecular complexity index is 573. The van der Waals surface area contributed by atoms with Crippen molar-refractivity contribution in [2.24, 2.45) is 0 Å². The molecule has 0 fully saturated rings. The molecule has 0 aliphatic carbocycles. The van der Waals surface area contributed by atoms with E-state index in [0.29, 0.717) is 0 Å². The van der Waals surface area contributed by atoms with Crippen LogP contribution in [0, 0.1) is 0 Å². The van der Waals surface area contributed by atoms with Gasteiger partial charge in [0.1, 0.15) is 17.3 Å². The zero-order valence-electron chi connectivity index (χ0n) is 15.9. The predicted octanol–water partition coefficient (Wildman–Crippen LogP) is 3.29. The van der Waals surface area contributed by atoms with E-state index in [0.717, 1.165) is 20.8 Å². The largest absolute Gasteiger partial charge is 0.450 e. The van der Waals surface area contributed by atoms with Crippen LogP contribution in [0.4, 0.5) is 39.5 Å². The molecule has 0 amide bonds. The minimum atomic E-state index is -4.87. The average Bonchev–Trinajstić information content (AvgIpc) is 2.43. The fourth-order valence-electron chi connectivity index (χ4n) is 0.979. The van der Waals surface area contributed by atoms with Crippen molar-refractivity contribution in [3.05, 3.63) is 0 Å². The van der Waals surface area contributed by atoms with Crippen LogP contribution in [-0.4, -0.2) is 53.2 Å². The van der Waals surface area contributed by atoms with Gasteiger partial charge < -0.3 is 0 Å². The van der Waals surface area contributed by atoms with Crippen LogP contribution in [0.3, 0.4) is 0 Å². The summed E-state index contributed by atoms with van der Waals surface area (Å²) in [7, 11) is 0. The number of ketones is 6. The Hall–Kier alpha value is -2.08. The second kappa shape index (κ2) is 14.8. The molecule has 0 atom stereocenters. The van der Waals surface area contributed by atoms with Crippen molar-refractivity contribution in [1.82, 2.24) is 0 Å². The van der Waals surface area contributed by atoms with E-state index in [1.807, 2.05) is 0 Å². The number of carbonyl (C=O) groups is 6. The van der Waals surface area contributed by atoms with E-state index < -0.39 is 72.5 Å². The first-order valence-electron chi connectivity index (χ1n) is 7.30. The maximum atomic E-state index is 11.3. The van der Waals surface area contributed by atoms with Crippen LogP contribution in [0.2, 0.25) is 0 Å². The maximum Gasteiger partial charge on any atom is 0.450 e. The fourth-order valence-corrected chi connectivity index (χ4v) is 0.979. The summed E-state index contributed by atoms with van der Waals surface area (Å²) in [5.74, 6) is -8.29. The Kier molecular flexibility index (Phi) is 17.4. The molecule has 0 aliphatic heterocycles. The number of hydrogen-bond acceptors (Lipinski definition) is 6. The van der Waals surface area contributed by atoms with E-state index in [-0.39, 0.29) is 17.4 Å². The molecule has 0 spiro atoms. The summed E-state index contributed by atoms with van der Waals surface area (Å²) in [5, 5.41) is 0. The van der Waals surface area contributed by atoms with Crippen molar-refractivity contribution in [3.63, 3.8) is 0 Å². The molecule has 0 saturated heterocycles. The number of rotatable bonds is 6. The normalized spacial score (nSPS) is 10.8. The van der Waals surface area contributed by atoms with Gasteiger partial charge in [0.15, 0.2) is 0 Å². The van der Waals surface area contributed by atoms with Crippen molar-refractivity contribution in [2.45, 2.75) is 58.6 Å². The Balaban J connectivity index is -0.000000174. The van der Waals surface area contributed by atoms with Crippen molar-refractivity contribution in [1.29, 1.82) is 0 Å². The SMILES string of the molecule is CC(=O)CC(=O)C(F)(F)F.CC(=O)CC(=O)C(F)(F)F.CC(=O)CC(=O)C(F)(F)F.[Cr]. The molecule has 0 N–H and O–H groups in total. The molecule has 0 rings (SSSR count). The molecule has 31 heavy (non-hydrogen) atoms. The average molecular weight is 514 g/mol. The Labute approximate surface area is 179 Å². The molecule has 16 heteroatoms. The van der Waals surface area contributed by atoms with Crippen LogP contribution < -0.4 is 0 Å². The Morgan fingerprint density at radius 3 is 0.613 bits per heavy atom. The third-order valence-electron chi connectivity index (χ3n) is 2.18. The molecule has 0 aromatic rings. The Morgan fingerprint density at radius 2 is 0.581 bits per heavy atom. The van der Waals surface area contributed by atoms with Gasteiger partial charge in [-0.1, -0.05) is 0 Å². The number of halogens is 9. The second-order valence-corrected chi connectivity index (χ2v) is 5.40. The van der Waals surface area contributed by atoms with Crippen LogP contribution >= 0.6 is 0 Å². The van der Waals surface area contributed by atoms with Gasteiger partial charge in [0.05, 0.1) is 19.3 Å². The first-order chi connectivity index (χ1) is 13.0. The van der Waals surface area contributed by atoms with Gasteiger partial charge in [0, 0.05) is 17.4 Å². The van der Waals surface area contributed by atoms with E-state index in [1.165, 1.54) is 0 Å². The van der Waals surface area contributed by atoms with Gasteiger partial charge in [-0.3, -0.25) is 28.8 Å². The fraction of sp³-hybridized carbons (Fsp3) is 0.600. The quantitative estimate of drug-likeness (QED) is 0.398.